The summed E-state index contributed by atoms with van der Waals surface area (Å²) in [4.78, 5) is 25.8. The van der Waals surface area contributed by atoms with E-state index in [1.807, 2.05) is 0 Å². The molecule has 8 nitrogen and oxygen atoms in total. The number of rotatable bonds is 3. The number of ether oxygens (including phenoxy) is 1. The molecule has 1 unspecified atom stereocenters. The van der Waals surface area contributed by atoms with E-state index >= 15 is 0 Å². The summed E-state index contributed by atoms with van der Waals surface area (Å²) in [7, 11) is 0. The van der Waals surface area contributed by atoms with Crippen molar-refractivity contribution < 1.29 is 31.9 Å². The smallest absolute Gasteiger partial charge is 0.435 e. The molecular formula is C19H21F4N5O3. The van der Waals surface area contributed by atoms with Gasteiger partial charge in [0.05, 0.1) is 11.7 Å². The fourth-order valence-corrected chi connectivity index (χ4v) is 3.13. The Morgan fingerprint density at radius 3 is 2.39 bits per heavy atom. The molecule has 0 saturated carbocycles. The highest BCUT2D eigenvalue weighted by molar-refractivity contribution is 5.94. The normalized spacial score (nSPS) is 17.0. The van der Waals surface area contributed by atoms with Gasteiger partial charge in [0.2, 0.25) is 0 Å². The van der Waals surface area contributed by atoms with Crippen LogP contribution in [-0.4, -0.2) is 56.6 Å². The number of nitrogens with zero attached hydrogens (tertiary/aromatic N) is 4. The minimum atomic E-state index is -4.93. The number of alkyl carbamates (subject to hydrolysis) is 1. The monoisotopic (exact) mass is 443 g/mol. The lowest BCUT2D eigenvalue weighted by Crippen LogP contribution is -2.41. The van der Waals surface area contributed by atoms with Crippen molar-refractivity contribution in [3.05, 3.63) is 41.5 Å². The van der Waals surface area contributed by atoms with E-state index in [4.69, 9.17) is 4.74 Å². The Bertz CT molecular complexity index is 966. The first-order valence-corrected chi connectivity index (χ1v) is 9.43. The molecule has 0 aliphatic carbocycles. The van der Waals surface area contributed by atoms with Crippen LogP contribution in [-0.2, 0) is 10.9 Å². The largest absolute Gasteiger partial charge is 0.444 e. The van der Waals surface area contributed by atoms with E-state index in [1.54, 1.807) is 20.8 Å². The minimum Gasteiger partial charge on any atom is -0.444 e. The van der Waals surface area contributed by atoms with Crippen LogP contribution >= 0.6 is 0 Å². The minimum absolute atomic E-state index is 0.00121. The average Bonchev–Trinajstić information content (AvgIpc) is 3.27. The summed E-state index contributed by atoms with van der Waals surface area (Å²) in [5.74, 6) is -1.59. The third kappa shape index (κ3) is 5.30. The van der Waals surface area contributed by atoms with Crippen molar-refractivity contribution in [2.45, 2.75) is 45.0 Å². The van der Waals surface area contributed by atoms with E-state index in [-0.39, 0.29) is 18.8 Å². The number of nitrogens with one attached hydrogen (secondary N) is 1. The fourth-order valence-electron chi connectivity index (χ4n) is 3.13. The number of likely N-dealkylation sites (tertiary alicyclic amines) is 1. The van der Waals surface area contributed by atoms with E-state index in [0.717, 1.165) is 29.2 Å². The number of aromatic nitrogens is 3. The molecule has 1 aromatic carbocycles. The maximum absolute atomic E-state index is 13.7. The quantitative estimate of drug-likeness (QED) is 0.737. The van der Waals surface area contributed by atoms with E-state index < -0.39 is 47.0 Å². The number of carbonyl (C=O) groups excluding carboxylic acids is 2. The summed E-state index contributed by atoms with van der Waals surface area (Å²) in [6, 6.07) is 3.69. The first kappa shape index (κ1) is 22.5. The van der Waals surface area contributed by atoms with Crippen molar-refractivity contribution in [2.75, 3.05) is 13.1 Å². The van der Waals surface area contributed by atoms with Gasteiger partial charge in [-0.3, -0.25) is 4.79 Å². The van der Waals surface area contributed by atoms with Gasteiger partial charge in [0.15, 0.2) is 11.4 Å². The highest BCUT2D eigenvalue weighted by Gasteiger charge is 2.43. The molecular weight excluding hydrogens is 422 g/mol. The number of alkyl halides is 3. The number of carbonyl (C=O) groups is 2. The Balaban J connectivity index is 1.79. The zero-order valence-corrected chi connectivity index (χ0v) is 17.0. The zero-order chi connectivity index (χ0) is 23.0. The van der Waals surface area contributed by atoms with Gasteiger partial charge in [-0.15, -0.1) is 5.10 Å². The lowest BCUT2D eigenvalue weighted by atomic mass is 10.2. The Morgan fingerprint density at radius 2 is 1.81 bits per heavy atom. The van der Waals surface area contributed by atoms with Gasteiger partial charge in [-0.1, -0.05) is 5.21 Å². The van der Waals surface area contributed by atoms with E-state index in [2.05, 4.69) is 15.6 Å². The third-order valence-corrected chi connectivity index (χ3v) is 4.41. The molecule has 1 aliphatic heterocycles. The summed E-state index contributed by atoms with van der Waals surface area (Å²) in [5.41, 5.74) is -3.02. The summed E-state index contributed by atoms with van der Waals surface area (Å²) in [6.07, 6.45) is -5.26. The van der Waals surface area contributed by atoms with Crippen LogP contribution in [0.3, 0.4) is 0 Å². The standard InChI is InChI=1S/C19H21F4N5O3/c1-18(2,3)31-17(30)24-12-8-9-27(10-12)16(29)14-15(19(21,22)23)28(26-25-14)13-6-4-11(20)5-7-13/h4-7,12H,8-10H2,1-3H3,(H,24,30). The van der Waals surface area contributed by atoms with Crippen LogP contribution in [0.1, 0.15) is 43.4 Å². The average molecular weight is 443 g/mol. The SMILES string of the molecule is CC(C)(C)OC(=O)NC1CCN(C(=O)c2nnn(-c3ccc(F)cc3)c2C(F)(F)F)C1. The Hall–Kier alpha value is -3.18. The summed E-state index contributed by atoms with van der Waals surface area (Å²) < 4.78 is 60.0. The van der Waals surface area contributed by atoms with Gasteiger partial charge in [0, 0.05) is 13.1 Å². The maximum atomic E-state index is 13.7. The highest BCUT2D eigenvalue weighted by Crippen LogP contribution is 2.33. The fraction of sp³-hybridized carbons (Fsp3) is 0.474. The second-order valence-corrected chi connectivity index (χ2v) is 8.06. The van der Waals surface area contributed by atoms with Crippen molar-refractivity contribution >= 4 is 12.0 Å². The molecule has 168 valence electrons. The van der Waals surface area contributed by atoms with Gasteiger partial charge in [-0.05, 0) is 51.5 Å². The van der Waals surface area contributed by atoms with Crippen molar-refractivity contribution in [3.63, 3.8) is 0 Å². The number of hydrogen-bond donors (Lipinski definition) is 1. The zero-order valence-electron chi connectivity index (χ0n) is 17.0. The molecule has 3 rings (SSSR count). The predicted molar refractivity (Wildman–Crippen MR) is 100.0 cm³/mol. The molecule has 1 aromatic heterocycles. The summed E-state index contributed by atoms with van der Waals surface area (Å²) >= 11 is 0. The third-order valence-electron chi connectivity index (χ3n) is 4.41. The number of halogens is 4. The van der Waals surface area contributed by atoms with Crippen molar-refractivity contribution in [2.24, 2.45) is 0 Å². The van der Waals surface area contributed by atoms with Gasteiger partial charge in [0.25, 0.3) is 5.91 Å². The summed E-state index contributed by atoms with van der Waals surface area (Å²) in [5, 5.41) is 9.52. The first-order valence-electron chi connectivity index (χ1n) is 9.43. The van der Waals surface area contributed by atoms with Crippen LogP contribution in [0.4, 0.5) is 22.4 Å². The molecule has 2 amide bonds. The van der Waals surface area contributed by atoms with Gasteiger partial charge >= 0.3 is 12.3 Å². The first-order chi connectivity index (χ1) is 14.3. The molecule has 2 aromatic rings. The molecule has 31 heavy (non-hydrogen) atoms. The molecule has 2 heterocycles. The van der Waals surface area contributed by atoms with E-state index in [9.17, 15) is 27.2 Å². The molecule has 1 N–H and O–H groups in total. The molecule has 0 radical (unpaired) electrons. The molecule has 0 bridgehead atoms. The Labute approximate surface area is 175 Å². The molecule has 1 atom stereocenters. The number of benzene rings is 1. The molecule has 1 saturated heterocycles. The van der Waals surface area contributed by atoms with E-state index in [0.29, 0.717) is 11.1 Å². The predicted octanol–water partition coefficient (Wildman–Crippen LogP) is 3.16. The van der Waals surface area contributed by atoms with Crippen LogP contribution in [0.2, 0.25) is 0 Å². The maximum Gasteiger partial charge on any atom is 0.435 e. The van der Waals surface area contributed by atoms with Gasteiger partial charge in [0.1, 0.15) is 11.4 Å². The number of hydrogen-bond acceptors (Lipinski definition) is 5. The van der Waals surface area contributed by atoms with Crippen molar-refractivity contribution in [3.8, 4) is 5.69 Å². The van der Waals surface area contributed by atoms with Crippen LogP contribution < -0.4 is 5.32 Å². The van der Waals surface area contributed by atoms with Crippen LogP contribution in [0.15, 0.2) is 24.3 Å². The highest BCUT2D eigenvalue weighted by atomic mass is 19.4. The Kier molecular flexibility index (Phi) is 5.92. The Morgan fingerprint density at radius 1 is 1.16 bits per heavy atom. The molecule has 1 fully saturated rings. The van der Waals surface area contributed by atoms with Crippen LogP contribution in [0.25, 0.3) is 5.69 Å². The second-order valence-electron chi connectivity index (χ2n) is 8.06. The lowest BCUT2D eigenvalue weighted by molar-refractivity contribution is -0.143. The summed E-state index contributed by atoms with van der Waals surface area (Å²) in [6.45, 7) is 5.21. The molecule has 0 spiro atoms. The van der Waals surface area contributed by atoms with Crippen LogP contribution in [0.5, 0.6) is 0 Å². The van der Waals surface area contributed by atoms with Crippen LogP contribution in [0, 0.1) is 5.82 Å². The second kappa shape index (κ2) is 8.16. The van der Waals surface area contributed by atoms with Gasteiger partial charge < -0.3 is 15.0 Å². The van der Waals surface area contributed by atoms with E-state index in [1.165, 1.54) is 0 Å². The van der Waals surface area contributed by atoms with Crippen molar-refractivity contribution in [1.82, 2.24) is 25.2 Å². The number of amides is 2. The van der Waals surface area contributed by atoms with Crippen molar-refractivity contribution in [1.29, 1.82) is 0 Å². The molecule has 1 aliphatic rings. The van der Waals surface area contributed by atoms with Gasteiger partial charge in [-0.2, -0.15) is 13.2 Å². The topological polar surface area (TPSA) is 89.3 Å². The van der Waals surface area contributed by atoms with Gasteiger partial charge in [-0.25, -0.2) is 13.9 Å². The molecule has 12 heteroatoms. The lowest BCUT2D eigenvalue weighted by Gasteiger charge is -2.22.